The van der Waals surface area contributed by atoms with Gasteiger partial charge in [-0.05, 0) is 54.5 Å². The fourth-order valence-electron chi connectivity index (χ4n) is 3.91. The minimum absolute atomic E-state index is 0.0810. The van der Waals surface area contributed by atoms with Crippen molar-refractivity contribution < 1.29 is 24.2 Å². The largest absolute Gasteiger partial charge is 0.489 e. The highest BCUT2D eigenvalue weighted by atomic mass is 16.5. The summed E-state index contributed by atoms with van der Waals surface area (Å²) in [4.78, 5) is 25.6. The van der Waals surface area contributed by atoms with Gasteiger partial charge in [0.15, 0.2) is 6.61 Å². The summed E-state index contributed by atoms with van der Waals surface area (Å²) >= 11 is 0. The number of hydrogen-bond donors (Lipinski definition) is 1. The third-order valence-electron chi connectivity index (χ3n) is 5.70. The number of hydrogen-bond acceptors (Lipinski definition) is 4. The maximum Gasteiger partial charge on any atom is 0.308 e. The molecule has 1 aliphatic heterocycles. The average Bonchev–Trinajstić information content (AvgIpc) is 3.49. The van der Waals surface area contributed by atoms with Crippen molar-refractivity contribution in [1.29, 1.82) is 0 Å². The standard InChI is InChI=1S/C23H25NO5/c25-22(24-12-20(17-6-7-17)21(13-24)23(26)27)15-29-19-10-8-18(9-11-19)28-14-16-4-2-1-3-5-16/h1-5,8-11,17,20-21H,6-7,12-15H2,(H,26,27)/t20-,21+/m1/s1. The number of rotatable bonds is 8. The van der Waals surface area contributed by atoms with Gasteiger partial charge >= 0.3 is 5.97 Å². The molecule has 6 nitrogen and oxygen atoms in total. The third kappa shape index (κ3) is 4.88. The number of carbonyl (C=O) groups excluding carboxylic acids is 1. The van der Waals surface area contributed by atoms with Crippen molar-refractivity contribution in [1.82, 2.24) is 4.90 Å². The van der Waals surface area contributed by atoms with E-state index in [-0.39, 0.29) is 25.0 Å². The Labute approximate surface area is 170 Å². The first-order chi connectivity index (χ1) is 14.1. The van der Waals surface area contributed by atoms with Crippen LogP contribution in [0.3, 0.4) is 0 Å². The molecule has 2 aliphatic rings. The Morgan fingerprint density at radius 3 is 2.21 bits per heavy atom. The van der Waals surface area contributed by atoms with Crippen molar-refractivity contribution in [3.8, 4) is 11.5 Å². The molecule has 0 unspecified atom stereocenters. The summed E-state index contributed by atoms with van der Waals surface area (Å²) in [5, 5.41) is 9.43. The predicted octanol–water partition coefficient (Wildman–Crippen LogP) is 3.21. The first-order valence-electron chi connectivity index (χ1n) is 10.0. The van der Waals surface area contributed by atoms with Crippen LogP contribution in [0.1, 0.15) is 18.4 Å². The number of nitrogens with zero attached hydrogens (tertiary/aromatic N) is 1. The summed E-state index contributed by atoms with van der Waals surface area (Å²) in [7, 11) is 0. The molecular formula is C23H25NO5. The van der Waals surface area contributed by atoms with Crippen molar-refractivity contribution in [2.24, 2.45) is 17.8 Å². The second-order valence-corrected chi connectivity index (χ2v) is 7.78. The molecular weight excluding hydrogens is 370 g/mol. The minimum Gasteiger partial charge on any atom is -0.489 e. The van der Waals surface area contributed by atoms with Crippen molar-refractivity contribution in [2.75, 3.05) is 19.7 Å². The van der Waals surface area contributed by atoms with E-state index in [0.717, 1.165) is 24.2 Å². The molecule has 1 heterocycles. The first kappa shape index (κ1) is 19.3. The number of amides is 1. The molecule has 6 heteroatoms. The van der Waals surface area contributed by atoms with Crippen molar-refractivity contribution in [3.63, 3.8) is 0 Å². The minimum atomic E-state index is -0.802. The Bertz CT molecular complexity index is 847. The molecule has 0 aromatic heterocycles. The molecule has 29 heavy (non-hydrogen) atoms. The highest BCUT2D eigenvalue weighted by Gasteiger charge is 2.46. The molecule has 2 aromatic carbocycles. The topological polar surface area (TPSA) is 76.1 Å². The van der Waals surface area contributed by atoms with Crippen LogP contribution in [0.4, 0.5) is 0 Å². The number of carboxylic acids is 1. The Hall–Kier alpha value is -3.02. The van der Waals surface area contributed by atoms with Crippen LogP contribution in [0.25, 0.3) is 0 Å². The van der Waals surface area contributed by atoms with Crippen LogP contribution in [0.5, 0.6) is 11.5 Å². The number of ether oxygens (including phenoxy) is 2. The van der Waals surface area contributed by atoms with Gasteiger partial charge in [-0.15, -0.1) is 0 Å². The summed E-state index contributed by atoms with van der Waals surface area (Å²) in [5.74, 6) is 0.429. The van der Waals surface area contributed by atoms with Crippen LogP contribution in [0.15, 0.2) is 54.6 Å². The lowest BCUT2D eigenvalue weighted by Crippen LogP contribution is -2.33. The number of carboxylic acid groups (broad SMARTS) is 1. The zero-order chi connectivity index (χ0) is 20.2. The highest BCUT2D eigenvalue weighted by Crippen LogP contribution is 2.44. The van der Waals surface area contributed by atoms with Crippen LogP contribution < -0.4 is 9.47 Å². The van der Waals surface area contributed by atoms with Gasteiger partial charge in [0.1, 0.15) is 18.1 Å². The first-order valence-corrected chi connectivity index (χ1v) is 10.0. The molecule has 2 fully saturated rings. The Morgan fingerprint density at radius 1 is 0.931 bits per heavy atom. The second kappa shape index (κ2) is 8.55. The van der Waals surface area contributed by atoms with E-state index in [1.165, 1.54) is 0 Å². The maximum absolute atomic E-state index is 12.5. The van der Waals surface area contributed by atoms with Gasteiger partial charge in [-0.2, -0.15) is 0 Å². The predicted molar refractivity (Wildman–Crippen MR) is 107 cm³/mol. The average molecular weight is 395 g/mol. The van der Waals surface area contributed by atoms with E-state index in [9.17, 15) is 14.7 Å². The molecule has 1 amide bonds. The molecule has 2 aromatic rings. The summed E-state index contributed by atoms with van der Waals surface area (Å²) in [6, 6.07) is 17.1. The molecule has 1 saturated carbocycles. The molecule has 1 aliphatic carbocycles. The summed E-state index contributed by atoms with van der Waals surface area (Å²) in [6.07, 6.45) is 2.15. The molecule has 2 atom stereocenters. The number of likely N-dealkylation sites (tertiary alicyclic amines) is 1. The van der Waals surface area contributed by atoms with Gasteiger partial charge < -0.3 is 19.5 Å². The lowest BCUT2D eigenvalue weighted by atomic mass is 9.92. The van der Waals surface area contributed by atoms with Gasteiger partial charge in [0.05, 0.1) is 5.92 Å². The summed E-state index contributed by atoms with van der Waals surface area (Å²) in [5.41, 5.74) is 1.09. The van der Waals surface area contributed by atoms with Crippen LogP contribution in [-0.4, -0.2) is 41.6 Å². The normalized spacial score (nSPS) is 21.0. The quantitative estimate of drug-likeness (QED) is 0.743. The van der Waals surface area contributed by atoms with Crippen LogP contribution in [-0.2, 0) is 16.2 Å². The number of benzene rings is 2. The van der Waals surface area contributed by atoms with Gasteiger partial charge in [-0.25, -0.2) is 0 Å². The molecule has 0 bridgehead atoms. The molecule has 152 valence electrons. The van der Waals surface area contributed by atoms with Gasteiger partial charge in [-0.3, -0.25) is 9.59 Å². The Kier molecular flexibility index (Phi) is 5.69. The van der Waals surface area contributed by atoms with E-state index in [1.807, 2.05) is 42.5 Å². The maximum atomic E-state index is 12.5. The van der Waals surface area contributed by atoms with Crippen LogP contribution >= 0.6 is 0 Å². The van der Waals surface area contributed by atoms with E-state index in [2.05, 4.69) is 0 Å². The van der Waals surface area contributed by atoms with Crippen molar-refractivity contribution >= 4 is 11.9 Å². The van der Waals surface area contributed by atoms with Crippen LogP contribution in [0.2, 0.25) is 0 Å². The Balaban J connectivity index is 1.25. The summed E-state index contributed by atoms with van der Waals surface area (Å²) < 4.78 is 11.4. The van der Waals surface area contributed by atoms with Gasteiger partial charge in [0.25, 0.3) is 5.91 Å². The smallest absolute Gasteiger partial charge is 0.308 e. The molecule has 1 N–H and O–H groups in total. The molecule has 1 saturated heterocycles. The van der Waals surface area contributed by atoms with E-state index in [4.69, 9.17) is 9.47 Å². The van der Waals surface area contributed by atoms with Gasteiger partial charge in [0.2, 0.25) is 0 Å². The highest BCUT2D eigenvalue weighted by molar-refractivity contribution is 5.80. The van der Waals surface area contributed by atoms with E-state index >= 15 is 0 Å². The SMILES string of the molecule is O=C(O)[C@H]1CN(C(=O)COc2ccc(OCc3ccccc3)cc2)C[C@@H]1C1CC1. The van der Waals surface area contributed by atoms with E-state index < -0.39 is 11.9 Å². The van der Waals surface area contributed by atoms with E-state index in [1.54, 1.807) is 17.0 Å². The van der Waals surface area contributed by atoms with Gasteiger partial charge in [-0.1, -0.05) is 30.3 Å². The fourth-order valence-corrected chi connectivity index (χ4v) is 3.91. The summed E-state index contributed by atoms with van der Waals surface area (Å²) in [6.45, 7) is 1.20. The zero-order valence-corrected chi connectivity index (χ0v) is 16.2. The lowest BCUT2D eigenvalue weighted by Gasteiger charge is -2.16. The monoisotopic (exact) mass is 395 g/mol. The fraction of sp³-hybridized carbons (Fsp3) is 0.391. The molecule has 4 rings (SSSR count). The molecule has 0 radical (unpaired) electrons. The lowest BCUT2D eigenvalue weighted by molar-refractivity contribution is -0.142. The third-order valence-corrected chi connectivity index (χ3v) is 5.70. The van der Waals surface area contributed by atoms with Crippen molar-refractivity contribution in [2.45, 2.75) is 19.4 Å². The van der Waals surface area contributed by atoms with Crippen molar-refractivity contribution in [3.05, 3.63) is 60.2 Å². The number of aliphatic carboxylic acids is 1. The molecule has 0 spiro atoms. The zero-order valence-electron chi connectivity index (χ0n) is 16.2. The number of carbonyl (C=O) groups is 2. The van der Waals surface area contributed by atoms with Gasteiger partial charge in [0, 0.05) is 13.1 Å². The second-order valence-electron chi connectivity index (χ2n) is 7.78. The van der Waals surface area contributed by atoms with E-state index in [0.29, 0.717) is 24.8 Å². The Morgan fingerprint density at radius 2 is 1.59 bits per heavy atom. The van der Waals surface area contributed by atoms with Crippen LogP contribution in [0, 0.1) is 17.8 Å².